The second kappa shape index (κ2) is 8.78. The summed E-state index contributed by atoms with van der Waals surface area (Å²) in [6, 6.07) is 9.02. The van der Waals surface area contributed by atoms with Crippen molar-refractivity contribution in [3.63, 3.8) is 0 Å². The molecule has 1 N–H and O–H groups in total. The number of sulfonamides is 1. The van der Waals surface area contributed by atoms with Gasteiger partial charge in [-0.15, -0.1) is 0 Å². The molecule has 1 aliphatic heterocycles. The van der Waals surface area contributed by atoms with E-state index in [9.17, 15) is 25.8 Å². The van der Waals surface area contributed by atoms with Gasteiger partial charge in [-0.2, -0.15) is 18.0 Å². The van der Waals surface area contributed by atoms with Gasteiger partial charge >= 0.3 is 0 Å². The predicted octanol–water partition coefficient (Wildman–Crippen LogP) is 3.35. The van der Waals surface area contributed by atoms with Crippen molar-refractivity contribution in [2.24, 2.45) is 5.41 Å². The molecular weight excluding hydrogens is 506 g/mol. The van der Waals surface area contributed by atoms with Crippen molar-refractivity contribution in [3.8, 4) is 11.8 Å². The Morgan fingerprint density at radius 1 is 1.22 bits per heavy atom. The maximum Gasteiger partial charge on any atom is 0.268 e. The molecule has 1 saturated heterocycles. The number of nitriles is 1. The number of benzene rings is 2. The molecule has 0 saturated carbocycles. The Balaban J connectivity index is 1.86. The molecule has 172 valence electrons. The van der Waals surface area contributed by atoms with Gasteiger partial charge in [0.1, 0.15) is 22.5 Å². The molecule has 1 aliphatic rings. The van der Waals surface area contributed by atoms with E-state index in [-0.39, 0.29) is 46.0 Å². The zero-order valence-corrected chi connectivity index (χ0v) is 19.6. The molecule has 0 aliphatic carbocycles. The number of ether oxygens (including phenoxy) is 1. The monoisotopic (exact) mass is 522 g/mol. The van der Waals surface area contributed by atoms with Crippen LogP contribution in [0.2, 0.25) is 10.0 Å². The molecule has 0 spiro atoms. The van der Waals surface area contributed by atoms with Gasteiger partial charge in [-0.25, -0.2) is 12.8 Å². The molecule has 1 heterocycles. The number of hydrogen-bond donors (Lipinski definition) is 1. The summed E-state index contributed by atoms with van der Waals surface area (Å²) in [5.41, 5.74) is -1.51. The molecule has 32 heavy (non-hydrogen) atoms. The van der Waals surface area contributed by atoms with Crippen LogP contribution in [0.15, 0.2) is 41.3 Å². The largest absolute Gasteiger partial charge is 0.493 e. The maximum atomic E-state index is 13.8. The summed E-state index contributed by atoms with van der Waals surface area (Å²) in [5.74, 6) is -0.803. The van der Waals surface area contributed by atoms with Crippen molar-refractivity contribution in [2.75, 3.05) is 19.7 Å². The summed E-state index contributed by atoms with van der Waals surface area (Å²) < 4.78 is 79.6. The second-order valence-electron chi connectivity index (χ2n) is 7.41. The lowest BCUT2D eigenvalue weighted by Gasteiger charge is -2.50. The molecular formula is C19H17Cl2FN2O6S2. The Kier molecular flexibility index (Phi) is 6.77. The Bertz CT molecular complexity index is 1310. The lowest BCUT2D eigenvalue weighted by atomic mass is 9.79. The molecule has 3 rings (SSSR count). The van der Waals surface area contributed by atoms with Crippen molar-refractivity contribution in [1.82, 2.24) is 4.31 Å². The van der Waals surface area contributed by atoms with Crippen LogP contribution in [0.3, 0.4) is 0 Å². The summed E-state index contributed by atoms with van der Waals surface area (Å²) in [4.78, 5) is -0.202. The average Bonchev–Trinajstić information content (AvgIpc) is 2.65. The fourth-order valence-electron chi connectivity index (χ4n) is 3.33. The van der Waals surface area contributed by atoms with Crippen LogP contribution in [0, 0.1) is 22.6 Å². The van der Waals surface area contributed by atoms with Crippen LogP contribution >= 0.6 is 23.2 Å². The molecule has 0 bridgehead atoms. The molecule has 0 amide bonds. The zero-order chi connectivity index (χ0) is 23.9. The Labute approximate surface area is 194 Å². The van der Waals surface area contributed by atoms with Gasteiger partial charge in [0, 0.05) is 24.2 Å². The first-order valence-electron chi connectivity index (χ1n) is 9.04. The molecule has 8 nitrogen and oxygen atoms in total. The fourth-order valence-corrected chi connectivity index (χ4v) is 6.56. The SMILES string of the molecule is CC(C1(COc2ccc(C#N)c(F)c2)CN(S(=O)(=O)c2ccc(Cl)cc2Cl)C1)S(=O)(=O)O. The highest BCUT2D eigenvalue weighted by molar-refractivity contribution is 7.89. The number of halogens is 3. The third-order valence-electron chi connectivity index (χ3n) is 5.39. The number of rotatable bonds is 7. The number of nitrogens with zero attached hydrogens (tertiary/aromatic N) is 2. The summed E-state index contributed by atoms with van der Waals surface area (Å²) in [6.45, 7) is 0.305. The van der Waals surface area contributed by atoms with E-state index in [1.165, 1.54) is 37.3 Å². The van der Waals surface area contributed by atoms with Gasteiger partial charge in [-0.1, -0.05) is 23.2 Å². The third-order valence-corrected chi connectivity index (χ3v) is 9.29. The Hall–Kier alpha value is -1.94. The van der Waals surface area contributed by atoms with Crippen LogP contribution in [-0.4, -0.2) is 50.6 Å². The van der Waals surface area contributed by atoms with Crippen molar-refractivity contribution in [2.45, 2.75) is 17.1 Å². The average molecular weight is 523 g/mol. The maximum absolute atomic E-state index is 13.8. The van der Waals surface area contributed by atoms with Crippen molar-refractivity contribution < 1.29 is 30.5 Å². The van der Waals surface area contributed by atoms with Crippen LogP contribution in [0.4, 0.5) is 4.39 Å². The minimum absolute atomic E-state index is 0.0189. The molecule has 13 heteroatoms. The molecule has 1 unspecified atom stereocenters. The van der Waals surface area contributed by atoms with Gasteiger partial charge in [0.25, 0.3) is 10.1 Å². The second-order valence-corrected chi connectivity index (χ2v) is 11.9. The van der Waals surface area contributed by atoms with E-state index in [2.05, 4.69) is 0 Å². The van der Waals surface area contributed by atoms with Crippen molar-refractivity contribution in [1.29, 1.82) is 5.26 Å². The van der Waals surface area contributed by atoms with Gasteiger partial charge in [0.2, 0.25) is 10.0 Å². The molecule has 0 radical (unpaired) electrons. The minimum Gasteiger partial charge on any atom is -0.493 e. The molecule has 1 fully saturated rings. The van der Waals surface area contributed by atoms with Crippen LogP contribution in [0.1, 0.15) is 12.5 Å². The highest BCUT2D eigenvalue weighted by Crippen LogP contribution is 2.42. The van der Waals surface area contributed by atoms with Crippen molar-refractivity contribution in [3.05, 3.63) is 57.8 Å². The Morgan fingerprint density at radius 3 is 2.41 bits per heavy atom. The van der Waals surface area contributed by atoms with Gasteiger partial charge < -0.3 is 4.74 Å². The first kappa shape index (κ1) is 24.7. The van der Waals surface area contributed by atoms with E-state index in [0.717, 1.165) is 10.4 Å². The van der Waals surface area contributed by atoms with E-state index in [1.807, 2.05) is 0 Å². The normalized spacial score (nSPS) is 17.2. The van der Waals surface area contributed by atoms with E-state index in [0.29, 0.717) is 0 Å². The summed E-state index contributed by atoms with van der Waals surface area (Å²) in [5, 5.41) is 7.57. The first-order valence-corrected chi connectivity index (χ1v) is 12.7. The number of hydrogen-bond acceptors (Lipinski definition) is 6. The van der Waals surface area contributed by atoms with E-state index < -0.39 is 36.6 Å². The Morgan fingerprint density at radius 2 is 1.88 bits per heavy atom. The summed E-state index contributed by atoms with van der Waals surface area (Å²) in [6.07, 6.45) is 0. The van der Waals surface area contributed by atoms with Gasteiger partial charge in [-0.3, -0.25) is 4.55 Å². The van der Waals surface area contributed by atoms with Crippen molar-refractivity contribution >= 4 is 43.3 Å². The lowest BCUT2D eigenvalue weighted by molar-refractivity contribution is 0.0167. The van der Waals surface area contributed by atoms with E-state index in [4.69, 9.17) is 33.2 Å². The zero-order valence-electron chi connectivity index (χ0n) is 16.5. The standard InChI is InChI=1S/C19H17Cl2FN2O6S2/c1-12(32(27,28)29)19(11-30-15-4-2-13(8-23)17(22)7-15)9-24(10-19)31(25,26)18-5-3-14(20)6-16(18)21/h2-7,12H,9-11H2,1H3,(H,27,28,29). The quantitative estimate of drug-likeness (QED) is 0.552. The van der Waals surface area contributed by atoms with Gasteiger partial charge in [0.15, 0.2) is 0 Å². The highest BCUT2D eigenvalue weighted by Gasteiger charge is 2.56. The molecule has 2 aromatic carbocycles. The fraction of sp³-hybridized carbons (Fsp3) is 0.316. The third kappa shape index (κ3) is 4.71. The lowest BCUT2D eigenvalue weighted by Crippen LogP contribution is -2.66. The van der Waals surface area contributed by atoms with E-state index >= 15 is 0 Å². The van der Waals surface area contributed by atoms with Crippen LogP contribution in [0.25, 0.3) is 0 Å². The molecule has 1 atom stereocenters. The summed E-state index contributed by atoms with van der Waals surface area (Å²) >= 11 is 11.8. The van der Waals surface area contributed by atoms with E-state index in [1.54, 1.807) is 6.07 Å². The molecule has 0 aromatic heterocycles. The minimum atomic E-state index is -4.55. The van der Waals surface area contributed by atoms with Crippen LogP contribution in [0.5, 0.6) is 5.75 Å². The van der Waals surface area contributed by atoms with Crippen LogP contribution < -0.4 is 4.74 Å². The predicted molar refractivity (Wildman–Crippen MR) is 115 cm³/mol. The summed E-state index contributed by atoms with van der Waals surface area (Å²) in [7, 11) is -8.64. The van der Waals surface area contributed by atoms with Gasteiger partial charge in [-0.05, 0) is 37.3 Å². The smallest absolute Gasteiger partial charge is 0.268 e. The topological polar surface area (TPSA) is 125 Å². The first-order chi connectivity index (χ1) is 14.8. The molecule has 2 aromatic rings. The van der Waals surface area contributed by atoms with Gasteiger partial charge in [0.05, 0.1) is 27.9 Å². The highest BCUT2D eigenvalue weighted by atomic mass is 35.5. The van der Waals surface area contributed by atoms with Crippen LogP contribution in [-0.2, 0) is 20.1 Å².